The van der Waals surface area contributed by atoms with Crippen LogP contribution in [0.15, 0.2) is 15.7 Å². The highest BCUT2D eigenvalue weighted by Crippen LogP contribution is 2.41. The van der Waals surface area contributed by atoms with Crippen LogP contribution < -0.4 is 27.3 Å². The van der Waals surface area contributed by atoms with Crippen molar-refractivity contribution in [2.75, 3.05) is 30.9 Å². The molecule has 1 unspecified atom stereocenters. The van der Waals surface area contributed by atoms with E-state index in [9.17, 15) is 14.0 Å². The van der Waals surface area contributed by atoms with Gasteiger partial charge in [0.05, 0.1) is 21.6 Å². The summed E-state index contributed by atoms with van der Waals surface area (Å²) in [5.41, 5.74) is -0.796. The van der Waals surface area contributed by atoms with Crippen molar-refractivity contribution in [1.82, 2.24) is 14.6 Å². The fourth-order valence-corrected chi connectivity index (χ4v) is 4.42. The lowest BCUT2D eigenvalue weighted by molar-refractivity contribution is 0.428. The number of halogens is 3. The van der Waals surface area contributed by atoms with Crippen molar-refractivity contribution in [3.05, 3.63) is 37.7 Å². The minimum atomic E-state index is -0.734. The molecule has 2 atom stereocenters. The van der Waals surface area contributed by atoms with E-state index >= 15 is 0 Å². The molecule has 0 radical (unpaired) electrons. The van der Waals surface area contributed by atoms with E-state index in [-0.39, 0.29) is 40.1 Å². The second-order valence-corrected chi connectivity index (χ2v) is 7.93. The minimum Gasteiger partial charge on any atom is -0.368 e. The third-order valence-corrected chi connectivity index (χ3v) is 6.24. The van der Waals surface area contributed by atoms with Crippen molar-refractivity contribution in [2.24, 2.45) is 5.92 Å². The van der Waals surface area contributed by atoms with Crippen LogP contribution in [0.4, 0.5) is 10.1 Å². The molecule has 1 saturated heterocycles. The van der Waals surface area contributed by atoms with Gasteiger partial charge in [0.1, 0.15) is 5.82 Å². The summed E-state index contributed by atoms with van der Waals surface area (Å²) in [5, 5.41) is 3.39. The summed E-state index contributed by atoms with van der Waals surface area (Å²) in [4.78, 5) is 26.9. The number of hydrogen-bond acceptors (Lipinski definition) is 5. The van der Waals surface area contributed by atoms with Crippen molar-refractivity contribution >= 4 is 40.6 Å². The van der Waals surface area contributed by atoms with Gasteiger partial charge in [0.25, 0.3) is 5.56 Å². The maximum absolute atomic E-state index is 15.0. The highest BCUT2D eigenvalue weighted by Gasteiger charge is 2.33. The number of nitrogens with zero attached hydrogens (tertiary/aromatic N) is 3. The summed E-state index contributed by atoms with van der Waals surface area (Å²) >= 11 is 6.62. The third-order valence-electron chi connectivity index (χ3n) is 5.89. The van der Waals surface area contributed by atoms with Gasteiger partial charge in [0.15, 0.2) is 0 Å². The third kappa shape index (κ3) is 3.17. The molecule has 2 heterocycles. The second-order valence-electron chi connectivity index (χ2n) is 7.55. The highest BCUT2D eigenvalue weighted by atomic mass is 35.5. The summed E-state index contributed by atoms with van der Waals surface area (Å²) in [6.45, 7) is 3.42. The minimum absolute atomic E-state index is 0. The molecule has 0 amide bonds. The predicted octanol–water partition coefficient (Wildman–Crippen LogP) is 1.86. The molecule has 3 N–H and O–H groups in total. The fourth-order valence-electron chi connectivity index (χ4n) is 4.02. The Labute approximate surface area is 172 Å². The molecule has 0 bridgehead atoms. The van der Waals surface area contributed by atoms with Crippen molar-refractivity contribution in [2.45, 2.75) is 38.3 Å². The molecular formula is C18H24Cl2FN5O2. The lowest BCUT2D eigenvalue weighted by Crippen LogP contribution is -2.44. The van der Waals surface area contributed by atoms with E-state index in [0.717, 1.165) is 25.3 Å². The molecule has 28 heavy (non-hydrogen) atoms. The maximum atomic E-state index is 15.0. The molecular weight excluding hydrogens is 408 g/mol. The van der Waals surface area contributed by atoms with Crippen LogP contribution in [0.25, 0.3) is 10.9 Å². The SMILES string of the molecule is CN[C@@H](C)C1CCN(c2c(F)cc3c(=O)n(N)c(=O)n(C4CC4)c3c2Cl)C1.Cl. The van der Waals surface area contributed by atoms with E-state index in [1.165, 1.54) is 4.57 Å². The zero-order valence-electron chi connectivity index (χ0n) is 15.7. The zero-order chi connectivity index (χ0) is 19.5. The molecule has 10 heteroatoms. The Bertz CT molecular complexity index is 1030. The molecule has 1 saturated carbocycles. The largest absolute Gasteiger partial charge is 0.368 e. The summed E-state index contributed by atoms with van der Waals surface area (Å²) < 4.78 is 17.0. The Balaban J connectivity index is 0.00000225. The smallest absolute Gasteiger partial charge is 0.350 e. The van der Waals surface area contributed by atoms with Gasteiger partial charge in [-0.2, -0.15) is 4.68 Å². The van der Waals surface area contributed by atoms with Gasteiger partial charge in [0, 0.05) is 25.2 Å². The monoisotopic (exact) mass is 431 g/mol. The van der Waals surface area contributed by atoms with Gasteiger partial charge in [-0.25, -0.2) is 9.18 Å². The van der Waals surface area contributed by atoms with E-state index in [2.05, 4.69) is 12.2 Å². The van der Waals surface area contributed by atoms with E-state index in [4.69, 9.17) is 17.4 Å². The van der Waals surface area contributed by atoms with Crippen molar-refractivity contribution in [3.63, 3.8) is 0 Å². The molecule has 1 aromatic heterocycles. The normalized spacial score (nSPS) is 20.4. The predicted molar refractivity (Wildman–Crippen MR) is 112 cm³/mol. The number of hydrogen-bond donors (Lipinski definition) is 2. The molecule has 4 rings (SSSR count). The Kier molecular flexibility index (Phi) is 5.67. The van der Waals surface area contributed by atoms with Gasteiger partial charge in [-0.05, 0) is 45.2 Å². The van der Waals surface area contributed by atoms with E-state index in [1.807, 2.05) is 11.9 Å². The molecule has 7 nitrogen and oxygen atoms in total. The first-order valence-electron chi connectivity index (χ1n) is 9.21. The van der Waals surface area contributed by atoms with Crippen molar-refractivity contribution in [1.29, 1.82) is 0 Å². The summed E-state index contributed by atoms with van der Waals surface area (Å²) in [6, 6.07) is 1.41. The van der Waals surface area contributed by atoms with Crippen LogP contribution in [0.1, 0.15) is 32.2 Å². The van der Waals surface area contributed by atoms with E-state index in [1.54, 1.807) is 0 Å². The molecule has 154 valence electrons. The van der Waals surface area contributed by atoms with E-state index in [0.29, 0.717) is 29.7 Å². The number of nitrogen functional groups attached to an aromatic ring is 1. The van der Waals surface area contributed by atoms with E-state index < -0.39 is 17.1 Å². The summed E-state index contributed by atoms with van der Waals surface area (Å²) in [7, 11) is 1.91. The number of rotatable bonds is 4. The molecule has 2 fully saturated rings. The summed E-state index contributed by atoms with van der Waals surface area (Å²) in [5.74, 6) is 5.43. The standard InChI is InChI=1S/C18H23ClFN5O2.ClH/c1-9(22-2)10-5-6-23(8-10)16-13(20)7-12-15(14(16)19)24(11-3-4-11)18(27)25(21)17(12)26;/h7,9-11,22H,3-6,8,21H2,1-2H3;1H/t9-,10?;/m0./s1. The summed E-state index contributed by atoms with van der Waals surface area (Å²) in [6.07, 6.45) is 2.53. The van der Waals surface area contributed by atoms with Crippen LogP contribution >= 0.6 is 24.0 Å². The zero-order valence-corrected chi connectivity index (χ0v) is 17.3. The number of nitrogens with one attached hydrogen (secondary N) is 1. The topological polar surface area (TPSA) is 85.3 Å². The molecule has 0 spiro atoms. The van der Waals surface area contributed by atoms with Gasteiger partial charge in [-0.1, -0.05) is 11.6 Å². The Morgan fingerprint density at radius 3 is 2.61 bits per heavy atom. The van der Waals surface area contributed by atoms with Gasteiger partial charge in [-0.3, -0.25) is 9.36 Å². The van der Waals surface area contributed by atoms with Crippen LogP contribution in [-0.2, 0) is 0 Å². The maximum Gasteiger partial charge on any atom is 0.350 e. The second kappa shape index (κ2) is 7.57. The lowest BCUT2D eigenvalue weighted by Gasteiger charge is -2.24. The number of fused-ring (bicyclic) bond motifs is 1. The van der Waals surface area contributed by atoms with Crippen LogP contribution in [0.3, 0.4) is 0 Å². The van der Waals surface area contributed by atoms with Crippen LogP contribution in [0, 0.1) is 11.7 Å². The average molecular weight is 432 g/mol. The number of nitrogens with two attached hydrogens (primary N) is 1. The van der Waals surface area contributed by atoms with Crippen molar-refractivity contribution < 1.29 is 4.39 Å². The number of benzene rings is 1. The molecule has 1 aliphatic heterocycles. The van der Waals surface area contributed by atoms with Crippen molar-refractivity contribution in [3.8, 4) is 0 Å². The molecule has 2 aliphatic rings. The van der Waals surface area contributed by atoms with Crippen LogP contribution in [-0.4, -0.2) is 35.4 Å². The Hall–Kier alpha value is -1.77. The van der Waals surface area contributed by atoms with Gasteiger partial charge >= 0.3 is 5.69 Å². The van der Waals surface area contributed by atoms with Gasteiger partial charge in [-0.15, -0.1) is 12.4 Å². The number of anilines is 1. The quantitative estimate of drug-likeness (QED) is 0.721. The van der Waals surface area contributed by atoms with Gasteiger partial charge in [0.2, 0.25) is 0 Å². The Morgan fingerprint density at radius 2 is 2.00 bits per heavy atom. The van der Waals surface area contributed by atoms with Crippen LogP contribution in [0.2, 0.25) is 5.02 Å². The molecule has 1 aromatic carbocycles. The first-order valence-corrected chi connectivity index (χ1v) is 9.59. The average Bonchev–Trinajstić information content (AvgIpc) is 3.37. The lowest BCUT2D eigenvalue weighted by atomic mass is 10.0. The fraction of sp³-hybridized carbons (Fsp3) is 0.556. The van der Waals surface area contributed by atoms with Crippen LogP contribution in [0.5, 0.6) is 0 Å². The first kappa shape index (κ1) is 21.0. The molecule has 1 aliphatic carbocycles. The Morgan fingerprint density at radius 1 is 1.32 bits per heavy atom. The highest BCUT2D eigenvalue weighted by molar-refractivity contribution is 6.38. The van der Waals surface area contributed by atoms with Gasteiger partial charge < -0.3 is 16.1 Å². The number of aromatic nitrogens is 2. The first-order chi connectivity index (χ1) is 12.8. The molecule has 2 aromatic rings.